The van der Waals surface area contributed by atoms with Crippen LogP contribution in [-0.2, 0) is 5.41 Å². The topological polar surface area (TPSA) is 3.24 Å². The summed E-state index contributed by atoms with van der Waals surface area (Å²) in [6.45, 7) is 7.66. The number of anilines is 1. The van der Waals surface area contributed by atoms with E-state index in [1.165, 1.54) is 11.3 Å². The van der Waals surface area contributed by atoms with E-state index in [0.29, 0.717) is 0 Å². The first-order valence-corrected chi connectivity index (χ1v) is 5.87. The van der Waals surface area contributed by atoms with Crippen LogP contribution < -0.4 is 4.90 Å². The van der Waals surface area contributed by atoms with Crippen LogP contribution in [0.15, 0.2) is 24.3 Å². The molecular formula is C13H17NS. The molecule has 0 radical (unpaired) electrons. The third-order valence-corrected chi connectivity index (χ3v) is 3.50. The van der Waals surface area contributed by atoms with Crippen molar-refractivity contribution in [2.45, 2.75) is 32.6 Å². The van der Waals surface area contributed by atoms with Gasteiger partial charge in [-0.05, 0) is 24.0 Å². The Hall–Kier alpha value is -0.890. The van der Waals surface area contributed by atoms with Crippen molar-refractivity contribution in [1.82, 2.24) is 0 Å². The third-order valence-electron chi connectivity index (χ3n) is 3.13. The van der Waals surface area contributed by atoms with Gasteiger partial charge in [-0.2, -0.15) is 0 Å². The van der Waals surface area contributed by atoms with Crippen LogP contribution in [0.5, 0.6) is 0 Å². The number of hydrogen-bond donors (Lipinski definition) is 0. The normalized spacial score (nSPS) is 18.9. The van der Waals surface area contributed by atoms with Gasteiger partial charge in [-0.3, -0.25) is 0 Å². The molecule has 15 heavy (non-hydrogen) atoms. The van der Waals surface area contributed by atoms with Crippen LogP contribution in [0.1, 0.15) is 32.8 Å². The average molecular weight is 219 g/mol. The van der Waals surface area contributed by atoms with E-state index >= 15 is 0 Å². The van der Waals surface area contributed by atoms with Gasteiger partial charge < -0.3 is 4.90 Å². The number of fused-ring (bicyclic) bond motifs is 1. The van der Waals surface area contributed by atoms with E-state index in [0.717, 1.165) is 18.0 Å². The van der Waals surface area contributed by atoms with Crippen LogP contribution in [0.4, 0.5) is 5.69 Å². The third kappa shape index (κ3) is 1.67. The summed E-state index contributed by atoms with van der Waals surface area (Å²) in [6.07, 6.45) is 0.979. The van der Waals surface area contributed by atoms with Crippen molar-refractivity contribution in [2.75, 3.05) is 11.4 Å². The molecule has 1 aromatic rings. The van der Waals surface area contributed by atoms with Crippen LogP contribution in [-0.4, -0.2) is 11.5 Å². The minimum atomic E-state index is 0.180. The molecule has 0 saturated carbocycles. The molecule has 1 aliphatic rings. The monoisotopic (exact) mass is 219 g/mol. The zero-order valence-electron chi connectivity index (χ0n) is 9.58. The van der Waals surface area contributed by atoms with Gasteiger partial charge in [0.15, 0.2) is 0 Å². The predicted octanol–water partition coefficient (Wildman–Crippen LogP) is 3.52. The van der Waals surface area contributed by atoms with Gasteiger partial charge in [-0.1, -0.05) is 44.3 Å². The van der Waals surface area contributed by atoms with E-state index < -0.39 is 0 Å². The van der Waals surface area contributed by atoms with E-state index in [4.69, 9.17) is 12.2 Å². The van der Waals surface area contributed by atoms with Gasteiger partial charge in [0.05, 0.1) is 4.99 Å². The number of benzene rings is 1. The molecular weight excluding hydrogens is 202 g/mol. The summed E-state index contributed by atoms with van der Waals surface area (Å²) >= 11 is 5.48. The van der Waals surface area contributed by atoms with Gasteiger partial charge in [0.2, 0.25) is 0 Å². The molecule has 0 aromatic heterocycles. The molecule has 0 saturated heterocycles. The van der Waals surface area contributed by atoms with Gasteiger partial charge in [0, 0.05) is 18.7 Å². The molecule has 0 bridgehead atoms. The van der Waals surface area contributed by atoms with Crippen molar-refractivity contribution in [2.24, 2.45) is 0 Å². The lowest BCUT2D eigenvalue weighted by Crippen LogP contribution is -2.40. The van der Waals surface area contributed by atoms with Crippen LogP contribution in [0.2, 0.25) is 0 Å². The maximum Gasteiger partial charge on any atom is 0.0832 e. The van der Waals surface area contributed by atoms with Crippen LogP contribution in [0, 0.1) is 0 Å². The fourth-order valence-corrected chi connectivity index (χ4v) is 2.92. The highest BCUT2D eigenvalue weighted by atomic mass is 32.1. The molecule has 0 atom stereocenters. The van der Waals surface area contributed by atoms with Crippen molar-refractivity contribution in [1.29, 1.82) is 0 Å². The Balaban J connectivity index is 2.58. The zero-order valence-corrected chi connectivity index (χ0v) is 10.4. The number of thiocarbonyl (C=S) groups is 1. The standard InChI is InChI=1S/C13H17NS/c1-4-14-11-8-6-5-7-10(11)13(2,3)9-12(14)15/h5-8H,4,9H2,1-3H3. The number of para-hydroxylation sites is 1. The van der Waals surface area contributed by atoms with E-state index in [1.54, 1.807) is 0 Å². The average Bonchev–Trinajstić information content (AvgIpc) is 2.17. The highest BCUT2D eigenvalue weighted by Gasteiger charge is 2.33. The highest BCUT2D eigenvalue weighted by Crippen LogP contribution is 2.40. The molecule has 0 unspecified atom stereocenters. The summed E-state index contributed by atoms with van der Waals surface area (Å²) in [6, 6.07) is 8.60. The Kier molecular flexibility index (Phi) is 2.55. The molecule has 0 aliphatic carbocycles. The van der Waals surface area contributed by atoms with E-state index in [9.17, 15) is 0 Å². The fourth-order valence-electron chi connectivity index (χ4n) is 2.33. The van der Waals surface area contributed by atoms with Crippen molar-refractivity contribution in [3.63, 3.8) is 0 Å². The molecule has 80 valence electrons. The molecule has 2 rings (SSSR count). The van der Waals surface area contributed by atoms with Crippen molar-refractivity contribution < 1.29 is 0 Å². The maximum absolute atomic E-state index is 5.48. The largest absolute Gasteiger partial charge is 0.336 e. The van der Waals surface area contributed by atoms with E-state index in [2.05, 4.69) is 49.9 Å². The molecule has 2 heteroatoms. The highest BCUT2D eigenvalue weighted by molar-refractivity contribution is 7.80. The van der Waals surface area contributed by atoms with Crippen molar-refractivity contribution >= 4 is 22.9 Å². The van der Waals surface area contributed by atoms with E-state index in [-0.39, 0.29) is 5.41 Å². The van der Waals surface area contributed by atoms with Gasteiger partial charge in [-0.15, -0.1) is 0 Å². The number of rotatable bonds is 1. The zero-order chi connectivity index (χ0) is 11.1. The van der Waals surface area contributed by atoms with Gasteiger partial charge >= 0.3 is 0 Å². The number of nitrogens with zero attached hydrogens (tertiary/aromatic N) is 1. The van der Waals surface area contributed by atoms with Gasteiger partial charge in [-0.25, -0.2) is 0 Å². The quantitative estimate of drug-likeness (QED) is 0.665. The predicted molar refractivity (Wildman–Crippen MR) is 69.7 cm³/mol. The first kappa shape index (κ1) is 10.6. The minimum absolute atomic E-state index is 0.180. The van der Waals surface area contributed by atoms with Crippen LogP contribution in [0.3, 0.4) is 0 Å². The molecule has 0 amide bonds. The second-order valence-electron chi connectivity index (χ2n) is 4.72. The van der Waals surface area contributed by atoms with Crippen molar-refractivity contribution in [3.05, 3.63) is 29.8 Å². The van der Waals surface area contributed by atoms with E-state index in [1.807, 2.05) is 0 Å². The second-order valence-corrected chi connectivity index (χ2v) is 5.19. The molecule has 0 spiro atoms. The van der Waals surface area contributed by atoms with Crippen LogP contribution >= 0.6 is 12.2 Å². The Morgan fingerprint density at radius 1 is 1.33 bits per heavy atom. The first-order valence-electron chi connectivity index (χ1n) is 5.46. The Morgan fingerprint density at radius 2 is 2.00 bits per heavy atom. The van der Waals surface area contributed by atoms with Crippen molar-refractivity contribution in [3.8, 4) is 0 Å². The smallest absolute Gasteiger partial charge is 0.0832 e. The lowest BCUT2D eigenvalue weighted by molar-refractivity contribution is 0.538. The molecule has 0 fully saturated rings. The maximum atomic E-state index is 5.48. The fraction of sp³-hybridized carbons (Fsp3) is 0.462. The van der Waals surface area contributed by atoms with Crippen LogP contribution in [0.25, 0.3) is 0 Å². The summed E-state index contributed by atoms with van der Waals surface area (Å²) in [7, 11) is 0. The second kappa shape index (κ2) is 3.60. The molecule has 1 aromatic carbocycles. The molecule has 1 aliphatic heterocycles. The number of hydrogen-bond acceptors (Lipinski definition) is 1. The summed E-state index contributed by atoms with van der Waals surface area (Å²) in [4.78, 5) is 3.32. The molecule has 1 heterocycles. The summed E-state index contributed by atoms with van der Waals surface area (Å²) in [5.74, 6) is 0. The Morgan fingerprint density at radius 3 is 2.67 bits per heavy atom. The van der Waals surface area contributed by atoms with Gasteiger partial charge in [0.1, 0.15) is 0 Å². The first-order chi connectivity index (χ1) is 7.06. The Bertz CT molecular complexity index is 395. The summed E-state index contributed by atoms with van der Waals surface area (Å²) in [5.41, 5.74) is 2.89. The van der Waals surface area contributed by atoms with Gasteiger partial charge in [0.25, 0.3) is 0 Å². The molecule has 0 N–H and O–H groups in total. The minimum Gasteiger partial charge on any atom is -0.336 e. The lowest BCUT2D eigenvalue weighted by atomic mass is 9.77. The lowest BCUT2D eigenvalue weighted by Gasteiger charge is -2.40. The SMILES string of the molecule is CCN1C(=S)CC(C)(C)c2ccccc21. The molecule has 1 nitrogen and oxygen atoms in total. The summed E-state index contributed by atoms with van der Waals surface area (Å²) < 4.78 is 0. The Labute approximate surface area is 97.1 Å². The summed E-state index contributed by atoms with van der Waals surface area (Å²) in [5, 5.41) is 0.